The first-order valence-corrected chi connectivity index (χ1v) is 13.5. The van der Waals surface area contributed by atoms with E-state index in [9.17, 15) is 0 Å². The van der Waals surface area contributed by atoms with Crippen molar-refractivity contribution in [1.29, 1.82) is 0 Å². The van der Waals surface area contributed by atoms with E-state index in [1.165, 1.54) is 76.5 Å². The van der Waals surface area contributed by atoms with Gasteiger partial charge >= 0.3 is 0 Å². The summed E-state index contributed by atoms with van der Waals surface area (Å²) >= 11 is 0. The zero-order valence-corrected chi connectivity index (χ0v) is 21.1. The van der Waals surface area contributed by atoms with Gasteiger partial charge in [0, 0.05) is 0 Å². The molecule has 2 aromatic carbocycles. The zero-order chi connectivity index (χ0) is 19.2. The van der Waals surface area contributed by atoms with Crippen LogP contribution in [0.3, 0.4) is 0 Å². The molecule has 2 aromatic rings. The van der Waals surface area contributed by atoms with Gasteiger partial charge in [-0.15, -0.1) is 0 Å². The second kappa shape index (κ2) is 15.4. The first kappa shape index (κ1) is 25.6. The Morgan fingerprint density at radius 1 is 0.500 bits per heavy atom. The minimum atomic E-state index is -1.30. The van der Waals surface area contributed by atoms with E-state index >= 15 is 0 Å². The van der Waals surface area contributed by atoms with E-state index in [-0.39, 0.29) is 24.0 Å². The van der Waals surface area contributed by atoms with Crippen LogP contribution in [-0.4, -0.2) is 12.3 Å². The maximum absolute atomic E-state index is 2.42. The fourth-order valence-electron chi connectivity index (χ4n) is 4.17. The first-order chi connectivity index (χ1) is 13.3. The molecule has 156 valence electrons. The smallest absolute Gasteiger partial charge is 0.0991 e. The fourth-order valence-corrected chi connectivity index (χ4v) is 8.74. The largest absolute Gasteiger partial charge is 1.00 e. The van der Waals surface area contributed by atoms with Gasteiger partial charge in [-0.25, -0.2) is 0 Å². The summed E-state index contributed by atoms with van der Waals surface area (Å²) in [4.78, 5) is 0. The summed E-state index contributed by atoms with van der Waals surface area (Å²) in [5.41, 5.74) is 0. The molecule has 0 radical (unpaired) electrons. The Kier molecular flexibility index (Phi) is 14.1. The molecule has 0 N–H and O–H groups in total. The SMILES string of the molecule is CCCCCCC[P+](CCCCCCC)(c1ccccc1)c1ccccc1.[I-]. The zero-order valence-electron chi connectivity index (χ0n) is 18.1. The molecule has 0 aliphatic rings. The van der Waals surface area contributed by atoms with E-state index in [2.05, 4.69) is 74.5 Å². The maximum Gasteiger partial charge on any atom is 0.0991 e. The highest BCUT2D eigenvalue weighted by molar-refractivity contribution is 7.89. The van der Waals surface area contributed by atoms with E-state index < -0.39 is 7.26 Å². The minimum Gasteiger partial charge on any atom is -1.00 e. The lowest BCUT2D eigenvalue weighted by molar-refractivity contribution is -0.00000569. The molecule has 0 atom stereocenters. The van der Waals surface area contributed by atoms with Crippen LogP contribution in [0.15, 0.2) is 60.7 Å². The molecule has 0 saturated carbocycles. The molecule has 0 nitrogen and oxygen atoms in total. The number of benzene rings is 2. The van der Waals surface area contributed by atoms with Crippen LogP contribution in [0.1, 0.15) is 78.1 Å². The van der Waals surface area contributed by atoms with E-state index in [0.29, 0.717) is 0 Å². The molecule has 28 heavy (non-hydrogen) atoms. The molecular formula is C26H40IP. The number of halogens is 1. The van der Waals surface area contributed by atoms with Gasteiger partial charge in [0.2, 0.25) is 0 Å². The van der Waals surface area contributed by atoms with Crippen LogP contribution in [0.5, 0.6) is 0 Å². The third-order valence-corrected chi connectivity index (χ3v) is 10.5. The van der Waals surface area contributed by atoms with Gasteiger partial charge in [-0.05, 0) is 49.9 Å². The molecule has 0 unspecified atom stereocenters. The van der Waals surface area contributed by atoms with Gasteiger partial charge in [0.1, 0.15) is 0 Å². The van der Waals surface area contributed by atoms with Crippen LogP contribution in [0.4, 0.5) is 0 Å². The summed E-state index contributed by atoms with van der Waals surface area (Å²) in [5, 5.41) is 3.25. The molecule has 0 aromatic heterocycles. The lowest BCUT2D eigenvalue weighted by Crippen LogP contribution is -3.00. The standard InChI is InChI=1S/C26H40P.HI/c1-3-5-7-9-17-23-27(24-18-10-8-6-4-2,25-19-13-11-14-20-25)26-21-15-12-16-22-26;/h11-16,19-22H,3-10,17-18,23-24H2,1-2H3;1H/q+1;/p-1. The Morgan fingerprint density at radius 2 is 0.857 bits per heavy atom. The Balaban J connectivity index is 0.00000392. The quantitative estimate of drug-likeness (QED) is 0.198. The average molecular weight is 510 g/mol. The molecule has 2 rings (SSSR count). The number of hydrogen-bond donors (Lipinski definition) is 0. The summed E-state index contributed by atoms with van der Waals surface area (Å²) < 4.78 is 0. The first-order valence-electron chi connectivity index (χ1n) is 11.3. The Labute approximate surface area is 192 Å². The van der Waals surface area contributed by atoms with E-state index in [1.807, 2.05) is 0 Å². The van der Waals surface area contributed by atoms with E-state index in [1.54, 1.807) is 10.6 Å². The molecule has 0 saturated heterocycles. The van der Waals surface area contributed by atoms with Gasteiger partial charge in [0.15, 0.2) is 0 Å². The summed E-state index contributed by atoms with van der Waals surface area (Å²) in [6.45, 7) is 4.61. The molecule has 0 bridgehead atoms. The van der Waals surface area contributed by atoms with Crippen LogP contribution in [0.25, 0.3) is 0 Å². The molecule has 0 aliphatic carbocycles. The third-order valence-electron chi connectivity index (χ3n) is 5.79. The topological polar surface area (TPSA) is 0 Å². The second-order valence-electron chi connectivity index (χ2n) is 7.91. The monoisotopic (exact) mass is 510 g/mol. The predicted octanol–water partition coefficient (Wildman–Crippen LogP) is 4.60. The maximum atomic E-state index is 2.42. The summed E-state index contributed by atoms with van der Waals surface area (Å²) in [5.74, 6) is 0. The highest BCUT2D eigenvalue weighted by Gasteiger charge is 2.41. The number of rotatable bonds is 14. The number of unbranched alkanes of at least 4 members (excludes halogenated alkanes) is 8. The van der Waals surface area contributed by atoms with Gasteiger partial charge in [-0.2, -0.15) is 0 Å². The van der Waals surface area contributed by atoms with Crippen LogP contribution in [0, 0.1) is 0 Å². The fraction of sp³-hybridized carbons (Fsp3) is 0.538. The van der Waals surface area contributed by atoms with Crippen LogP contribution in [0.2, 0.25) is 0 Å². The normalized spacial score (nSPS) is 11.2. The Bertz CT molecular complexity index is 541. The molecule has 2 heteroatoms. The molecule has 0 spiro atoms. The molecule has 0 aliphatic heterocycles. The average Bonchev–Trinajstić information content (AvgIpc) is 2.73. The molecule has 0 heterocycles. The summed E-state index contributed by atoms with van der Waals surface area (Å²) in [7, 11) is -1.30. The van der Waals surface area contributed by atoms with Gasteiger partial charge in [0.05, 0.1) is 30.2 Å². The van der Waals surface area contributed by atoms with Gasteiger partial charge in [-0.1, -0.05) is 88.8 Å². The van der Waals surface area contributed by atoms with Crippen molar-refractivity contribution in [2.75, 3.05) is 12.3 Å². The van der Waals surface area contributed by atoms with Crippen molar-refractivity contribution in [3.8, 4) is 0 Å². The lowest BCUT2D eigenvalue weighted by atomic mass is 10.2. The Morgan fingerprint density at radius 3 is 1.21 bits per heavy atom. The van der Waals surface area contributed by atoms with Crippen molar-refractivity contribution in [3.05, 3.63) is 60.7 Å². The van der Waals surface area contributed by atoms with Crippen molar-refractivity contribution in [2.24, 2.45) is 0 Å². The van der Waals surface area contributed by atoms with E-state index in [4.69, 9.17) is 0 Å². The van der Waals surface area contributed by atoms with E-state index in [0.717, 1.165) is 0 Å². The third kappa shape index (κ3) is 8.15. The van der Waals surface area contributed by atoms with Crippen molar-refractivity contribution < 1.29 is 24.0 Å². The highest BCUT2D eigenvalue weighted by Crippen LogP contribution is 2.57. The lowest BCUT2D eigenvalue weighted by Gasteiger charge is -2.28. The highest BCUT2D eigenvalue weighted by atomic mass is 127. The summed E-state index contributed by atoms with van der Waals surface area (Å²) in [6.07, 6.45) is 16.6. The van der Waals surface area contributed by atoms with Crippen LogP contribution < -0.4 is 34.6 Å². The van der Waals surface area contributed by atoms with Crippen LogP contribution >= 0.6 is 7.26 Å². The van der Waals surface area contributed by atoms with Crippen molar-refractivity contribution in [1.82, 2.24) is 0 Å². The summed E-state index contributed by atoms with van der Waals surface area (Å²) in [6, 6.07) is 23.0. The Hall–Kier alpha value is -0.400. The minimum absolute atomic E-state index is 0. The molecule has 0 amide bonds. The number of hydrogen-bond acceptors (Lipinski definition) is 0. The van der Waals surface area contributed by atoms with Crippen molar-refractivity contribution in [3.63, 3.8) is 0 Å². The van der Waals surface area contributed by atoms with Crippen LogP contribution in [-0.2, 0) is 0 Å². The van der Waals surface area contributed by atoms with Gasteiger partial charge < -0.3 is 24.0 Å². The van der Waals surface area contributed by atoms with Crippen molar-refractivity contribution >= 4 is 17.9 Å². The predicted molar refractivity (Wildman–Crippen MR) is 126 cm³/mol. The molecular weight excluding hydrogens is 470 g/mol. The van der Waals surface area contributed by atoms with Crippen molar-refractivity contribution in [2.45, 2.75) is 78.1 Å². The molecule has 0 fully saturated rings. The second-order valence-corrected chi connectivity index (χ2v) is 11.8. The van der Waals surface area contributed by atoms with Gasteiger partial charge in [0.25, 0.3) is 0 Å². The van der Waals surface area contributed by atoms with Gasteiger partial charge in [-0.3, -0.25) is 0 Å².